The predicted octanol–water partition coefficient (Wildman–Crippen LogP) is 3.50. The second kappa shape index (κ2) is 5.58. The molecular weight excluding hydrogens is 336 g/mol. The van der Waals surface area contributed by atoms with Crippen molar-refractivity contribution in [2.45, 2.75) is 0 Å². The molecule has 19 heavy (non-hydrogen) atoms. The summed E-state index contributed by atoms with van der Waals surface area (Å²) in [6.45, 7) is 0. The van der Waals surface area contributed by atoms with Gasteiger partial charge in [-0.25, -0.2) is 13.8 Å². The third kappa shape index (κ3) is 3.24. The smallest absolute Gasteiger partial charge is 0.148 e. The summed E-state index contributed by atoms with van der Waals surface area (Å²) >= 11 is 7.74. The van der Waals surface area contributed by atoms with E-state index in [1.165, 1.54) is 6.20 Å². The lowest BCUT2D eigenvalue weighted by Gasteiger charge is -2.08. The summed E-state index contributed by atoms with van der Waals surface area (Å²) in [6.07, 6.45) is 1.48. The summed E-state index contributed by atoms with van der Waals surface area (Å²) in [7, 11) is 0. The van der Waals surface area contributed by atoms with Crippen molar-refractivity contribution in [1.29, 1.82) is 0 Å². The van der Waals surface area contributed by atoms with Crippen LogP contribution >= 0.6 is 28.1 Å². The van der Waals surface area contributed by atoms with E-state index < -0.39 is 11.6 Å². The third-order valence-electron chi connectivity index (χ3n) is 2.32. The molecule has 0 aliphatic carbocycles. The van der Waals surface area contributed by atoms with Crippen LogP contribution in [0.2, 0.25) is 0 Å². The van der Waals surface area contributed by atoms with Gasteiger partial charge in [0, 0.05) is 17.8 Å². The lowest BCUT2D eigenvalue weighted by atomic mass is 10.2. The molecule has 0 radical (unpaired) electrons. The lowest BCUT2D eigenvalue weighted by Crippen LogP contribution is -2.10. The lowest BCUT2D eigenvalue weighted by molar-refractivity contribution is 0.598. The van der Waals surface area contributed by atoms with Gasteiger partial charge in [-0.2, -0.15) is 0 Å². The number of nitrogens with one attached hydrogen (secondary N) is 1. The first-order chi connectivity index (χ1) is 8.97. The number of nitrogens with two attached hydrogens (primary N) is 1. The van der Waals surface area contributed by atoms with E-state index in [1.54, 1.807) is 12.1 Å². The fourth-order valence-electron chi connectivity index (χ4n) is 1.41. The fraction of sp³-hybridized carbons (Fsp3) is 0. The summed E-state index contributed by atoms with van der Waals surface area (Å²) in [5.74, 6) is -0.851. The van der Waals surface area contributed by atoms with E-state index in [-0.39, 0.29) is 15.1 Å². The van der Waals surface area contributed by atoms with E-state index in [9.17, 15) is 8.78 Å². The van der Waals surface area contributed by atoms with E-state index in [4.69, 9.17) is 18.0 Å². The van der Waals surface area contributed by atoms with Gasteiger partial charge in [-0.05, 0) is 34.1 Å². The van der Waals surface area contributed by atoms with Gasteiger partial charge in [0.25, 0.3) is 0 Å². The highest BCUT2D eigenvalue weighted by atomic mass is 79.9. The molecule has 0 saturated carbocycles. The molecule has 1 heterocycles. The highest BCUT2D eigenvalue weighted by molar-refractivity contribution is 9.10. The monoisotopic (exact) mass is 343 g/mol. The van der Waals surface area contributed by atoms with Crippen LogP contribution in [-0.2, 0) is 0 Å². The number of anilines is 2. The number of nitrogens with zero attached hydrogens (tertiary/aromatic N) is 1. The van der Waals surface area contributed by atoms with Crippen LogP contribution in [0, 0.1) is 11.6 Å². The van der Waals surface area contributed by atoms with Crippen molar-refractivity contribution < 1.29 is 8.78 Å². The van der Waals surface area contributed by atoms with Gasteiger partial charge in [-0.3, -0.25) is 0 Å². The molecule has 0 aliphatic heterocycles. The van der Waals surface area contributed by atoms with Gasteiger partial charge in [0.1, 0.15) is 22.4 Å². The van der Waals surface area contributed by atoms with Gasteiger partial charge < -0.3 is 11.1 Å². The largest absolute Gasteiger partial charge is 0.389 e. The molecule has 2 rings (SSSR count). The van der Waals surface area contributed by atoms with Crippen molar-refractivity contribution >= 4 is 44.6 Å². The van der Waals surface area contributed by atoms with E-state index in [0.717, 1.165) is 12.1 Å². The maximum atomic E-state index is 13.6. The summed E-state index contributed by atoms with van der Waals surface area (Å²) < 4.78 is 27.0. The van der Waals surface area contributed by atoms with Crippen LogP contribution in [0.15, 0.2) is 34.9 Å². The number of hydrogen-bond acceptors (Lipinski definition) is 3. The summed E-state index contributed by atoms with van der Waals surface area (Å²) in [5.41, 5.74) is 6.05. The SMILES string of the molecule is NC(=S)c1ccnc(Nc2cc(F)c(Br)cc2F)c1. The Morgan fingerprint density at radius 3 is 2.68 bits per heavy atom. The zero-order valence-electron chi connectivity index (χ0n) is 9.45. The van der Waals surface area contributed by atoms with Crippen molar-refractivity contribution in [3.63, 3.8) is 0 Å². The van der Waals surface area contributed by atoms with E-state index in [0.29, 0.717) is 11.4 Å². The second-order valence-corrected chi connectivity index (χ2v) is 4.96. The van der Waals surface area contributed by atoms with Gasteiger partial charge in [0.2, 0.25) is 0 Å². The zero-order chi connectivity index (χ0) is 14.0. The molecule has 0 amide bonds. The molecule has 3 nitrogen and oxygen atoms in total. The molecule has 1 aromatic heterocycles. The topological polar surface area (TPSA) is 50.9 Å². The van der Waals surface area contributed by atoms with Crippen LogP contribution < -0.4 is 11.1 Å². The number of thiocarbonyl (C=S) groups is 1. The molecule has 0 bridgehead atoms. The summed E-state index contributed by atoms with van der Waals surface area (Å²) in [6, 6.07) is 5.26. The minimum absolute atomic E-state index is 0.0201. The molecule has 0 aliphatic rings. The standard InChI is InChI=1S/C12H8BrF2N3S/c13-7-4-9(15)10(5-8(7)14)18-11-3-6(12(16)19)1-2-17-11/h1-5H,(H2,16,19)(H,17,18). The Kier molecular flexibility index (Phi) is 4.06. The van der Waals surface area contributed by atoms with Crippen LogP contribution in [0.5, 0.6) is 0 Å². The molecule has 0 unspecified atom stereocenters. The molecule has 0 fully saturated rings. The fourth-order valence-corrected chi connectivity index (χ4v) is 1.85. The first kappa shape index (κ1) is 13.8. The molecule has 3 N–H and O–H groups in total. The highest BCUT2D eigenvalue weighted by Gasteiger charge is 2.09. The molecule has 0 spiro atoms. The Morgan fingerprint density at radius 1 is 1.26 bits per heavy atom. The van der Waals surface area contributed by atoms with Crippen molar-refractivity contribution in [2.24, 2.45) is 5.73 Å². The van der Waals surface area contributed by atoms with Crippen LogP contribution in [0.25, 0.3) is 0 Å². The van der Waals surface area contributed by atoms with E-state index in [2.05, 4.69) is 26.2 Å². The minimum atomic E-state index is -0.601. The van der Waals surface area contributed by atoms with E-state index >= 15 is 0 Å². The number of aromatic nitrogens is 1. The Labute approximate surface area is 122 Å². The number of rotatable bonds is 3. The average molecular weight is 344 g/mol. The Morgan fingerprint density at radius 2 is 2.00 bits per heavy atom. The Hall–Kier alpha value is -1.60. The number of hydrogen-bond donors (Lipinski definition) is 2. The van der Waals surface area contributed by atoms with Crippen molar-refractivity contribution in [3.8, 4) is 0 Å². The maximum Gasteiger partial charge on any atom is 0.148 e. The van der Waals surface area contributed by atoms with Crippen LogP contribution in [0.4, 0.5) is 20.3 Å². The Bertz CT molecular complexity index is 649. The van der Waals surface area contributed by atoms with Gasteiger partial charge in [0.15, 0.2) is 0 Å². The molecule has 98 valence electrons. The molecular formula is C12H8BrF2N3S. The van der Waals surface area contributed by atoms with Crippen molar-refractivity contribution in [1.82, 2.24) is 4.98 Å². The Balaban J connectivity index is 2.33. The quantitative estimate of drug-likeness (QED) is 0.661. The third-order valence-corrected chi connectivity index (χ3v) is 3.16. The van der Waals surface area contributed by atoms with Gasteiger partial charge in [0.05, 0.1) is 10.2 Å². The number of pyridine rings is 1. The number of halogens is 3. The minimum Gasteiger partial charge on any atom is -0.389 e. The first-order valence-electron chi connectivity index (χ1n) is 5.15. The van der Waals surface area contributed by atoms with Crippen LogP contribution in [0.1, 0.15) is 5.56 Å². The summed E-state index contributed by atoms with van der Waals surface area (Å²) in [4.78, 5) is 4.18. The average Bonchev–Trinajstić information content (AvgIpc) is 2.36. The number of benzene rings is 1. The second-order valence-electron chi connectivity index (χ2n) is 3.67. The molecule has 0 atom stereocenters. The normalized spacial score (nSPS) is 10.3. The molecule has 2 aromatic rings. The first-order valence-corrected chi connectivity index (χ1v) is 6.35. The molecule has 1 aromatic carbocycles. The maximum absolute atomic E-state index is 13.6. The van der Waals surface area contributed by atoms with Crippen molar-refractivity contribution in [2.75, 3.05) is 5.32 Å². The predicted molar refractivity (Wildman–Crippen MR) is 77.5 cm³/mol. The van der Waals surface area contributed by atoms with Crippen LogP contribution in [0.3, 0.4) is 0 Å². The van der Waals surface area contributed by atoms with E-state index in [1.807, 2.05) is 0 Å². The van der Waals surface area contributed by atoms with Crippen LogP contribution in [-0.4, -0.2) is 9.97 Å². The highest BCUT2D eigenvalue weighted by Crippen LogP contribution is 2.25. The van der Waals surface area contributed by atoms with Crippen molar-refractivity contribution in [3.05, 3.63) is 52.1 Å². The molecule has 7 heteroatoms. The molecule has 0 saturated heterocycles. The van der Waals surface area contributed by atoms with Gasteiger partial charge >= 0.3 is 0 Å². The van der Waals surface area contributed by atoms with Gasteiger partial charge in [-0.1, -0.05) is 12.2 Å². The van der Waals surface area contributed by atoms with Gasteiger partial charge in [-0.15, -0.1) is 0 Å². The zero-order valence-corrected chi connectivity index (χ0v) is 11.9. The summed E-state index contributed by atoms with van der Waals surface area (Å²) in [5, 5.41) is 2.67.